The van der Waals surface area contributed by atoms with E-state index in [4.69, 9.17) is 5.73 Å². The van der Waals surface area contributed by atoms with Gasteiger partial charge in [-0.25, -0.2) is 0 Å². The van der Waals surface area contributed by atoms with Crippen molar-refractivity contribution < 1.29 is 0 Å². The molecule has 1 atom stereocenters. The van der Waals surface area contributed by atoms with Crippen LogP contribution in [0.3, 0.4) is 0 Å². The Morgan fingerprint density at radius 3 is 2.76 bits per heavy atom. The molecule has 0 amide bonds. The van der Waals surface area contributed by atoms with Crippen LogP contribution in [-0.4, -0.2) is 53.1 Å². The van der Waals surface area contributed by atoms with Crippen LogP contribution in [0, 0.1) is 0 Å². The van der Waals surface area contributed by atoms with E-state index in [-0.39, 0.29) is 5.95 Å². The van der Waals surface area contributed by atoms with Crippen molar-refractivity contribution in [2.75, 3.05) is 47.7 Å². The van der Waals surface area contributed by atoms with E-state index < -0.39 is 0 Å². The molecule has 0 spiro atoms. The van der Waals surface area contributed by atoms with E-state index in [1.807, 2.05) is 30.8 Å². The van der Waals surface area contributed by atoms with Gasteiger partial charge in [0, 0.05) is 38.2 Å². The fraction of sp³-hybridized carbons (Fsp3) is 0.700. The minimum absolute atomic E-state index is 0.282. The Hall–Kier alpha value is -1.24. The maximum Gasteiger partial charge on any atom is 0.232 e. The van der Waals surface area contributed by atoms with Gasteiger partial charge in [-0.3, -0.25) is 0 Å². The van der Waals surface area contributed by atoms with Crippen LogP contribution in [0.25, 0.3) is 0 Å². The minimum atomic E-state index is 0.282. The van der Waals surface area contributed by atoms with E-state index in [0.29, 0.717) is 17.9 Å². The highest BCUT2D eigenvalue weighted by atomic mass is 32.2. The number of nitrogen functional groups attached to an aromatic ring is 1. The van der Waals surface area contributed by atoms with E-state index in [2.05, 4.69) is 26.8 Å². The molecular weight excluding hydrogens is 236 g/mol. The van der Waals surface area contributed by atoms with Crippen molar-refractivity contribution in [3.63, 3.8) is 0 Å². The van der Waals surface area contributed by atoms with Crippen molar-refractivity contribution in [2.24, 2.45) is 0 Å². The summed E-state index contributed by atoms with van der Waals surface area (Å²) in [7, 11) is 3.79. The molecule has 0 radical (unpaired) electrons. The zero-order valence-electron chi connectivity index (χ0n) is 10.4. The Morgan fingerprint density at radius 2 is 2.12 bits per heavy atom. The van der Waals surface area contributed by atoms with Crippen LogP contribution in [0.5, 0.6) is 0 Å². The second-order valence-corrected chi connectivity index (χ2v) is 5.46. The lowest BCUT2D eigenvalue weighted by molar-refractivity contribution is 0.675. The van der Waals surface area contributed by atoms with Crippen LogP contribution in [0.1, 0.15) is 6.92 Å². The smallest absolute Gasteiger partial charge is 0.232 e. The number of thioether (sulfide) groups is 1. The highest BCUT2D eigenvalue weighted by Crippen LogP contribution is 2.22. The molecule has 94 valence electrons. The first-order valence-electron chi connectivity index (χ1n) is 5.61. The lowest BCUT2D eigenvalue weighted by Crippen LogP contribution is -2.41. The molecule has 1 unspecified atom stereocenters. The molecule has 2 heterocycles. The molecule has 0 aliphatic carbocycles. The summed E-state index contributed by atoms with van der Waals surface area (Å²) in [5.74, 6) is 3.78. The first-order valence-corrected chi connectivity index (χ1v) is 6.76. The van der Waals surface area contributed by atoms with Crippen molar-refractivity contribution in [1.82, 2.24) is 15.0 Å². The van der Waals surface area contributed by atoms with Gasteiger partial charge >= 0.3 is 0 Å². The summed E-state index contributed by atoms with van der Waals surface area (Å²) in [6.45, 7) is 3.14. The van der Waals surface area contributed by atoms with Crippen molar-refractivity contribution >= 4 is 29.6 Å². The van der Waals surface area contributed by atoms with E-state index in [1.54, 1.807) is 0 Å². The average Bonchev–Trinajstić information content (AvgIpc) is 2.28. The predicted octanol–water partition coefficient (Wildman–Crippen LogP) is 0.461. The number of hydrogen-bond acceptors (Lipinski definition) is 7. The van der Waals surface area contributed by atoms with Gasteiger partial charge in [0.05, 0.1) is 0 Å². The molecule has 0 bridgehead atoms. The van der Waals surface area contributed by atoms with Crippen molar-refractivity contribution in [2.45, 2.75) is 13.0 Å². The van der Waals surface area contributed by atoms with E-state index in [9.17, 15) is 0 Å². The summed E-state index contributed by atoms with van der Waals surface area (Å²) in [5, 5.41) is 0. The zero-order valence-corrected chi connectivity index (χ0v) is 11.2. The largest absolute Gasteiger partial charge is 0.368 e. The van der Waals surface area contributed by atoms with Gasteiger partial charge in [-0.15, -0.1) is 0 Å². The molecule has 17 heavy (non-hydrogen) atoms. The molecule has 6 nitrogen and oxygen atoms in total. The topological polar surface area (TPSA) is 71.2 Å². The second kappa shape index (κ2) is 4.95. The SMILES string of the molecule is CC1CSCCN1c1nc(N)nc(N(C)C)n1. The Kier molecular flexibility index (Phi) is 3.56. The van der Waals surface area contributed by atoms with Gasteiger partial charge in [-0.2, -0.15) is 26.7 Å². The number of anilines is 3. The molecule has 0 aromatic carbocycles. The fourth-order valence-electron chi connectivity index (χ4n) is 1.72. The lowest BCUT2D eigenvalue weighted by Gasteiger charge is -2.33. The van der Waals surface area contributed by atoms with E-state index >= 15 is 0 Å². The maximum absolute atomic E-state index is 5.73. The number of aromatic nitrogens is 3. The third kappa shape index (κ3) is 2.71. The number of nitrogens with zero attached hydrogens (tertiary/aromatic N) is 5. The Balaban J connectivity index is 2.30. The number of rotatable bonds is 2. The Morgan fingerprint density at radius 1 is 1.35 bits per heavy atom. The summed E-state index contributed by atoms with van der Waals surface area (Å²) in [5.41, 5.74) is 5.73. The van der Waals surface area contributed by atoms with Crippen LogP contribution in [0.15, 0.2) is 0 Å². The van der Waals surface area contributed by atoms with Gasteiger partial charge in [0.2, 0.25) is 17.8 Å². The number of hydrogen-bond donors (Lipinski definition) is 1. The van der Waals surface area contributed by atoms with Gasteiger partial charge in [-0.1, -0.05) is 0 Å². The molecule has 2 rings (SSSR count). The summed E-state index contributed by atoms with van der Waals surface area (Å²) in [6, 6.07) is 0.436. The molecule has 2 N–H and O–H groups in total. The summed E-state index contributed by atoms with van der Waals surface area (Å²) in [6.07, 6.45) is 0. The normalized spacial score (nSPS) is 20.4. The van der Waals surface area contributed by atoms with Gasteiger partial charge in [0.15, 0.2) is 0 Å². The lowest BCUT2D eigenvalue weighted by atomic mass is 10.3. The van der Waals surface area contributed by atoms with Gasteiger partial charge in [0.1, 0.15) is 0 Å². The molecule has 1 fully saturated rings. The van der Waals surface area contributed by atoms with E-state index in [1.165, 1.54) is 0 Å². The molecule has 1 aliphatic rings. The molecule has 1 saturated heterocycles. The van der Waals surface area contributed by atoms with Crippen molar-refractivity contribution in [1.29, 1.82) is 0 Å². The monoisotopic (exact) mass is 254 g/mol. The predicted molar refractivity (Wildman–Crippen MR) is 72.7 cm³/mol. The molecule has 0 saturated carbocycles. The second-order valence-electron chi connectivity index (χ2n) is 4.31. The molecule has 7 heteroatoms. The van der Waals surface area contributed by atoms with Crippen molar-refractivity contribution in [3.8, 4) is 0 Å². The van der Waals surface area contributed by atoms with Crippen LogP contribution < -0.4 is 15.5 Å². The fourth-order valence-corrected chi connectivity index (χ4v) is 2.74. The molecule has 1 aromatic heterocycles. The summed E-state index contributed by atoms with van der Waals surface area (Å²) < 4.78 is 0. The van der Waals surface area contributed by atoms with E-state index in [0.717, 1.165) is 18.1 Å². The standard InChI is InChI=1S/C10H18N6S/c1-7-6-17-5-4-16(7)10-13-8(11)12-9(14-10)15(2)3/h7H,4-6H2,1-3H3,(H2,11,12,13,14). The van der Waals surface area contributed by atoms with Gasteiger partial charge < -0.3 is 15.5 Å². The third-order valence-electron chi connectivity index (χ3n) is 2.65. The van der Waals surface area contributed by atoms with Crippen molar-refractivity contribution in [3.05, 3.63) is 0 Å². The third-order valence-corrected chi connectivity index (χ3v) is 3.84. The van der Waals surface area contributed by atoms with Gasteiger partial charge in [0.25, 0.3) is 0 Å². The summed E-state index contributed by atoms with van der Waals surface area (Å²) in [4.78, 5) is 16.8. The highest BCUT2D eigenvalue weighted by Gasteiger charge is 2.22. The molecular formula is C10H18N6S. The van der Waals surface area contributed by atoms with Crippen LogP contribution in [0.2, 0.25) is 0 Å². The number of nitrogens with two attached hydrogens (primary N) is 1. The maximum atomic E-state index is 5.73. The summed E-state index contributed by atoms with van der Waals surface area (Å²) >= 11 is 1.96. The van der Waals surface area contributed by atoms with Crippen LogP contribution in [-0.2, 0) is 0 Å². The highest BCUT2D eigenvalue weighted by molar-refractivity contribution is 7.99. The van der Waals surface area contributed by atoms with Crippen LogP contribution in [0.4, 0.5) is 17.8 Å². The minimum Gasteiger partial charge on any atom is -0.368 e. The Bertz CT molecular complexity index is 396. The average molecular weight is 254 g/mol. The first kappa shape index (κ1) is 12.2. The van der Waals surface area contributed by atoms with Gasteiger partial charge in [-0.05, 0) is 6.92 Å². The molecule has 1 aliphatic heterocycles. The quantitative estimate of drug-likeness (QED) is 0.822. The zero-order chi connectivity index (χ0) is 12.4. The Labute approximate surface area is 106 Å². The molecule has 1 aromatic rings. The van der Waals surface area contributed by atoms with Crippen LogP contribution >= 0.6 is 11.8 Å². The first-order chi connectivity index (χ1) is 8.08.